The number of nitrogens with two attached hydrogens (primary N) is 1. The van der Waals surface area contributed by atoms with Crippen molar-refractivity contribution >= 4 is 17.3 Å². The summed E-state index contributed by atoms with van der Waals surface area (Å²) in [4.78, 5) is 18.1. The lowest BCUT2D eigenvalue weighted by Gasteiger charge is -2.05. The van der Waals surface area contributed by atoms with Gasteiger partial charge in [-0.3, -0.25) is 10.1 Å². The molecule has 0 spiro atoms. The number of benzene rings is 1. The first-order valence-corrected chi connectivity index (χ1v) is 5.60. The van der Waals surface area contributed by atoms with Crippen LogP contribution in [0.4, 0.5) is 5.69 Å². The Kier molecular flexibility index (Phi) is 3.88. The molecule has 0 amide bonds. The first-order valence-electron chi connectivity index (χ1n) is 5.23. The molecule has 2 aromatic rings. The average Bonchev–Trinajstić information content (AvgIpc) is 2.41. The molecule has 98 valence electrons. The third-order valence-electron chi connectivity index (χ3n) is 2.24. The smallest absolute Gasteiger partial charge is 0.322 e. The number of hydrogen-bond donors (Lipinski definition) is 1. The second-order valence-corrected chi connectivity index (χ2v) is 3.99. The second-order valence-electron chi connectivity index (χ2n) is 3.55. The van der Waals surface area contributed by atoms with E-state index in [4.69, 9.17) is 22.1 Å². The quantitative estimate of drug-likeness (QED) is 0.680. The molecule has 8 heteroatoms. The third-order valence-corrected chi connectivity index (χ3v) is 2.47. The third kappa shape index (κ3) is 3.15. The summed E-state index contributed by atoms with van der Waals surface area (Å²) in [7, 11) is 0. The van der Waals surface area contributed by atoms with E-state index in [0.29, 0.717) is 6.54 Å². The molecular formula is C11H9ClN4O3. The Morgan fingerprint density at radius 3 is 2.63 bits per heavy atom. The fourth-order valence-corrected chi connectivity index (χ4v) is 1.49. The standard InChI is InChI=1S/C11H9ClN4O3/c12-8-1-2-10(9(3-8)16(17)18)19-11-14-5-7(4-13)6-15-11/h1-3,5-6H,4,13H2. The molecule has 0 atom stereocenters. The molecule has 7 nitrogen and oxygen atoms in total. The van der Waals surface area contributed by atoms with Gasteiger partial charge in [-0.05, 0) is 12.1 Å². The predicted molar refractivity (Wildman–Crippen MR) is 68.1 cm³/mol. The zero-order valence-electron chi connectivity index (χ0n) is 9.62. The Hall–Kier alpha value is -2.25. The fourth-order valence-electron chi connectivity index (χ4n) is 1.32. The molecule has 1 aromatic heterocycles. The topological polar surface area (TPSA) is 104 Å². The maximum absolute atomic E-state index is 10.9. The van der Waals surface area contributed by atoms with Crippen LogP contribution in [-0.4, -0.2) is 14.9 Å². The summed E-state index contributed by atoms with van der Waals surface area (Å²) < 4.78 is 5.26. The van der Waals surface area contributed by atoms with Crippen LogP contribution >= 0.6 is 11.6 Å². The lowest BCUT2D eigenvalue weighted by Crippen LogP contribution is -2.00. The maximum Gasteiger partial charge on any atom is 0.322 e. The Morgan fingerprint density at radius 1 is 1.37 bits per heavy atom. The van der Waals surface area contributed by atoms with Gasteiger partial charge in [-0.2, -0.15) is 0 Å². The van der Waals surface area contributed by atoms with Crippen LogP contribution in [0.1, 0.15) is 5.56 Å². The van der Waals surface area contributed by atoms with Gasteiger partial charge in [-0.1, -0.05) is 11.6 Å². The first kappa shape index (κ1) is 13.2. The van der Waals surface area contributed by atoms with Crippen molar-refractivity contribution in [3.8, 4) is 11.8 Å². The van der Waals surface area contributed by atoms with Gasteiger partial charge >= 0.3 is 11.7 Å². The van der Waals surface area contributed by atoms with E-state index in [9.17, 15) is 10.1 Å². The van der Waals surface area contributed by atoms with Gasteiger partial charge < -0.3 is 10.5 Å². The Bertz CT molecular complexity index is 603. The highest BCUT2D eigenvalue weighted by molar-refractivity contribution is 6.30. The monoisotopic (exact) mass is 280 g/mol. The van der Waals surface area contributed by atoms with Crippen molar-refractivity contribution in [3.05, 3.63) is 51.3 Å². The Balaban J connectivity index is 2.29. The Morgan fingerprint density at radius 2 is 2.05 bits per heavy atom. The van der Waals surface area contributed by atoms with Crippen LogP contribution in [0, 0.1) is 10.1 Å². The van der Waals surface area contributed by atoms with Crippen molar-refractivity contribution in [1.29, 1.82) is 0 Å². The summed E-state index contributed by atoms with van der Waals surface area (Å²) in [5, 5.41) is 11.1. The summed E-state index contributed by atoms with van der Waals surface area (Å²) in [6, 6.07) is 4.08. The number of hydrogen-bond acceptors (Lipinski definition) is 6. The zero-order chi connectivity index (χ0) is 13.8. The normalized spacial score (nSPS) is 10.2. The first-order chi connectivity index (χ1) is 9.10. The van der Waals surface area contributed by atoms with Crippen LogP contribution < -0.4 is 10.5 Å². The molecule has 0 fully saturated rings. The number of aromatic nitrogens is 2. The molecular weight excluding hydrogens is 272 g/mol. The lowest BCUT2D eigenvalue weighted by atomic mass is 10.3. The van der Waals surface area contributed by atoms with Gasteiger partial charge in [-0.15, -0.1) is 0 Å². The van der Waals surface area contributed by atoms with E-state index >= 15 is 0 Å². The summed E-state index contributed by atoms with van der Waals surface area (Å²) in [6.07, 6.45) is 2.98. The number of nitrogens with zero attached hydrogens (tertiary/aromatic N) is 3. The van der Waals surface area contributed by atoms with Gasteiger partial charge in [0, 0.05) is 35.6 Å². The van der Waals surface area contributed by atoms with E-state index < -0.39 is 4.92 Å². The van der Waals surface area contributed by atoms with Gasteiger partial charge in [0.2, 0.25) is 5.75 Å². The van der Waals surface area contributed by atoms with Gasteiger partial charge in [0.15, 0.2) is 0 Å². The molecule has 0 radical (unpaired) electrons. The van der Waals surface area contributed by atoms with Crippen LogP contribution in [-0.2, 0) is 6.54 Å². The molecule has 1 aromatic carbocycles. The average molecular weight is 281 g/mol. The van der Waals surface area contributed by atoms with E-state index in [-0.39, 0.29) is 22.5 Å². The predicted octanol–water partition coefficient (Wildman–Crippen LogP) is 2.29. The van der Waals surface area contributed by atoms with Crippen LogP contribution in [0.5, 0.6) is 11.8 Å². The van der Waals surface area contributed by atoms with Crippen molar-refractivity contribution in [2.24, 2.45) is 5.73 Å². The zero-order valence-corrected chi connectivity index (χ0v) is 10.4. The number of nitro groups is 1. The molecule has 19 heavy (non-hydrogen) atoms. The summed E-state index contributed by atoms with van der Waals surface area (Å²) >= 11 is 5.70. The van der Waals surface area contributed by atoms with E-state index in [1.54, 1.807) is 0 Å². The molecule has 0 aliphatic carbocycles. The van der Waals surface area contributed by atoms with Crippen LogP contribution in [0.2, 0.25) is 5.02 Å². The largest absolute Gasteiger partial charge is 0.417 e. The van der Waals surface area contributed by atoms with E-state index in [1.165, 1.54) is 30.6 Å². The molecule has 0 aliphatic heterocycles. The lowest BCUT2D eigenvalue weighted by molar-refractivity contribution is -0.385. The molecule has 2 rings (SSSR count). The highest BCUT2D eigenvalue weighted by Crippen LogP contribution is 2.32. The maximum atomic E-state index is 10.9. The van der Waals surface area contributed by atoms with E-state index in [0.717, 1.165) is 5.56 Å². The summed E-state index contributed by atoms with van der Waals surface area (Å²) in [6.45, 7) is 0.307. The van der Waals surface area contributed by atoms with Crippen LogP contribution in [0.25, 0.3) is 0 Å². The van der Waals surface area contributed by atoms with Crippen molar-refractivity contribution in [1.82, 2.24) is 9.97 Å². The number of rotatable bonds is 4. The molecule has 0 unspecified atom stereocenters. The minimum Gasteiger partial charge on any atom is -0.417 e. The molecule has 2 N–H and O–H groups in total. The van der Waals surface area contributed by atoms with E-state index in [1.807, 2.05) is 0 Å². The SMILES string of the molecule is NCc1cnc(Oc2ccc(Cl)cc2[N+](=O)[O-])nc1. The minimum atomic E-state index is -0.588. The molecule has 0 saturated heterocycles. The van der Waals surface area contributed by atoms with Crippen molar-refractivity contribution in [2.75, 3.05) is 0 Å². The highest BCUT2D eigenvalue weighted by atomic mass is 35.5. The van der Waals surface area contributed by atoms with E-state index in [2.05, 4.69) is 9.97 Å². The summed E-state index contributed by atoms with van der Waals surface area (Å²) in [5.41, 5.74) is 5.89. The van der Waals surface area contributed by atoms with Gasteiger partial charge in [0.1, 0.15) is 0 Å². The summed E-state index contributed by atoms with van der Waals surface area (Å²) in [5.74, 6) is 0.0231. The van der Waals surface area contributed by atoms with Crippen molar-refractivity contribution in [2.45, 2.75) is 6.54 Å². The molecule has 0 aliphatic rings. The number of ether oxygens (including phenoxy) is 1. The van der Waals surface area contributed by atoms with Crippen molar-refractivity contribution in [3.63, 3.8) is 0 Å². The van der Waals surface area contributed by atoms with Gasteiger partial charge in [0.25, 0.3) is 0 Å². The van der Waals surface area contributed by atoms with Crippen LogP contribution in [0.15, 0.2) is 30.6 Å². The minimum absolute atomic E-state index is 0.00243. The highest BCUT2D eigenvalue weighted by Gasteiger charge is 2.17. The van der Waals surface area contributed by atoms with Crippen LogP contribution in [0.3, 0.4) is 0 Å². The second kappa shape index (κ2) is 5.59. The molecule has 1 heterocycles. The number of halogens is 1. The Labute approximate surface area is 113 Å². The van der Waals surface area contributed by atoms with Gasteiger partial charge in [-0.25, -0.2) is 9.97 Å². The molecule has 0 bridgehead atoms. The molecule has 0 saturated carbocycles. The fraction of sp³-hybridized carbons (Fsp3) is 0.0909. The van der Waals surface area contributed by atoms with Crippen molar-refractivity contribution < 1.29 is 9.66 Å². The number of nitro benzene ring substituents is 1. The van der Waals surface area contributed by atoms with Gasteiger partial charge in [0.05, 0.1) is 4.92 Å².